The van der Waals surface area contributed by atoms with Crippen LogP contribution in [0.15, 0.2) is 157 Å². The van der Waals surface area contributed by atoms with Crippen molar-refractivity contribution < 1.29 is 19.2 Å². The van der Waals surface area contributed by atoms with Gasteiger partial charge in [-0.05, 0) is 79.6 Å². The van der Waals surface area contributed by atoms with E-state index in [0.717, 1.165) is 32.1 Å². The number of aromatic nitrogens is 3. The minimum Gasteiger partial charge on any atom is -0.309 e. The van der Waals surface area contributed by atoms with Crippen LogP contribution in [-0.4, -0.2) is 13.7 Å². The number of hydrogen-bond acceptors (Lipinski definition) is 0. The van der Waals surface area contributed by atoms with Crippen LogP contribution in [-0.2, 0) is 0 Å². The Morgan fingerprint density at radius 2 is 0.957 bits per heavy atom. The topological polar surface area (TPSA) is 14.8 Å². The third-order valence-electron chi connectivity index (χ3n) is 8.64. The van der Waals surface area contributed by atoms with Crippen LogP contribution in [0.5, 0.6) is 0 Å². The summed E-state index contributed by atoms with van der Waals surface area (Å²) < 4.78 is 132. The Bertz CT molecular complexity index is 3570. The number of benzene rings is 7. The summed E-state index contributed by atoms with van der Waals surface area (Å²) in [7, 11) is 0. The van der Waals surface area contributed by atoms with Gasteiger partial charge in [-0.1, -0.05) is 90.3 Å². The van der Waals surface area contributed by atoms with E-state index in [2.05, 4.69) is 4.57 Å². The molecular formula is C43H29N3. The highest BCUT2D eigenvalue weighted by Gasteiger charge is 2.21. The molecule has 3 heterocycles. The average molecular weight is 602 g/mol. The molecule has 0 fully saturated rings. The summed E-state index contributed by atoms with van der Waals surface area (Å²) in [5.74, 6) is 0. The molecule has 0 unspecified atom stereocenters. The van der Waals surface area contributed by atoms with Gasteiger partial charge in [-0.25, -0.2) is 0 Å². The van der Waals surface area contributed by atoms with Crippen molar-refractivity contribution in [1.29, 1.82) is 0 Å². The summed E-state index contributed by atoms with van der Waals surface area (Å²) in [6.07, 6.45) is 0. The number of para-hydroxylation sites is 4. The van der Waals surface area contributed by atoms with E-state index >= 15 is 0 Å². The van der Waals surface area contributed by atoms with Crippen LogP contribution >= 0.6 is 0 Å². The number of rotatable bonds is 3. The first-order chi connectivity index (χ1) is 28.6. The van der Waals surface area contributed by atoms with E-state index in [-0.39, 0.29) is 49.2 Å². The van der Waals surface area contributed by atoms with E-state index in [1.807, 2.05) is 66.7 Å². The highest BCUT2D eigenvalue weighted by Crippen LogP contribution is 2.43. The molecular weight excluding hydrogens is 558 g/mol. The van der Waals surface area contributed by atoms with Crippen LogP contribution in [0.1, 0.15) is 24.8 Å². The van der Waals surface area contributed by atoms with Crippen molar-refractivity contribution in [2.45, 2.75) is 6.92 Å². The Labute approximate surface area is 285 Å². The molecule has 0 aliphatic heterocycles. The lowest BCUT2D eigenvalue weighted by atomic mass is 10.1. The molecule has 0 bridgehead atoms. The second-order valence-corrected chi connectivity index (χ2v) is 11.2. The van der Waals surface area contributed by atoms with Crippen LogP contribution in [0.3, 0.4) is 0 Å². The van der Waals surface area contributed by atoms with Crippen LogP contribution in [0.4, 0.5) is 0 Å². The molecule has 10 aromatic rings. The Morgan fingerprint density at radius 3 is 1.65 bits per heavy atom. The average Bonchev–Trinajstić information content (AvgIpc) is 3.91. The van der Waals surface area contributed by atoms with Crippen LogP contribution < -0.4 is 0 Å². The van der Waals surface area contributed by atoms with Gasteiger partial charge in [0.1, 0.15) is 0 Å². The summed E-state index contributed by atoms with van der Waals surface area (Å²) in [6, 6.07) is 15.6. The lowest BCUT2D eigenvalue weighted by Crippen LogP contribution is -1.96. The first kappa shape index (κ1) is 15.3. The first-order valence-corrected chi connectivity index (χ1v) is 14.7. The quantitative estimate of drug-likeness (QED) is 0.191. The molecule has 3 nitrogen and oxygen atoms in total. The van der Waals surface area contributed by atoms with Crippen LogP contribution in [0, 0.1) is 6.92 Å². The van der Waals surface area contributed by atoms with Gasteiger partial charge >= 0.3 is 0 Å². The van der Waals surface area contributed by atoms with Crippen molar-refractivity contribution in [3.63, 3.8) is 0 Å². The molecule has 0 spiro atoms. The third-order valence-corrected chi connectivity index (χ3v) is 8.64. The molecule has 0 saturated carbocycles. The molecule has 7 aromatic carbocycles. The maximum Gasteiger partial charge on any atom is 0.0646 e. The smallest absolute Gasteiger partial charge is 0.0646 e. The second kappa shape index (κ2) is 9.47. The minimum absolute atomic E-state index is 0.00374. The summed E-state index contributed by atoms with van der Waals surface area (Å²) in [5, 5.41) is 1.34. The lowest BCUT2D eigenvalue weighted by Gasteiger charge is -2.11. The fourth-order valence-corrected chi connectivity index (χ4v) is 6.75. The van der Waals surface area contributed by atoms with Crippen LogP contribution in [0.25, 0.3) is 82.5 Å². The standard InChI is InChI=1S/C43H29N3/c1-28-19-21-30(22-20-28)45-37-17-9-6-14-33(37)42-40(45)25-26-41-43(42)34-15-7-10-18-38(34)46(41)31-23-24-39-35(27-31)32-13-5-8-16-36(32)44(39)29-11-3-2-4-12-29/h2-27H,1H3/i6D,7D,9D,10D,14D,15D,17D,18D,19D,20D,21D,22D,25D,26D. The highest BCUT2D eigenvalue weighted by atomic mass is 15.0. The van der Waals surface area contributed by atoms with Gasteiger partial charge in [0.15, 0.2) is 0 Å². The molecule has 46 heavy (non-hydrogen) atoms. The number of hydrogen-bond donors (Lipinski definition) is 0. The van der Waals surface area contributed by atoms with Gasteiger partial charge in [0.05, 0.1) is 52.3 Å². The van der Waals surface area contributed by atoms with E-state index in [1.54, 1.807) is 6.07 Å². The van der Waals surface area contributed by atoms with E-state index in [4.69, 9.17) is 12.3 Å². The Balaban J connectivity index is 1.48. The van der Waals surface area contributed by atoms with E-state index in [0.29, 0.717) is 5.69 Å². The Morgan fingerprint density at radius 1 is 0.391 bits per heavy atom. The van der Waals surface area contributed by atoms with Gasteiger partial charge in [0, 0.05) is 49.4 Å². The van der Waals surface area contributed by atoms with Crippen molar-refractivity contribution in [2.24, 2.45) is 0 Å². The van der Waals surface area contributed by atoms with Gasteiger partial charge in [0.25, 0.3) is 0 Å². The molecule has 0 atom stereocenters. The second-order valence-electron chi connectivity index (χ2n) is 11.2. The number of fused-ring (bicyclic) bond motifs is 10. The van der Waals surface area contributed by atoms with Crippen molar-refractivity contribution >= 4 is 65.4 Å². The van der Waals surface area contributed by atoms with Gasteiger partial charge < -0.3 is 13.7 Å². The van der Waals surface area contributed by atoms with Gasteiger partial charge in [0.2, 0.25) is 0 Å². The van der Waals surface area contributed by atoms with E-state index < -0.39 is 90.3 Å². The zero-order valence-corrected chi connectivity index (χ0v) is 24.3. The summed E-state index contributed by atoms with van der Waals surface area (Å²) in [6.45, 7) is 1.42. The van der Waals surface area contributed by atoms with Gasteiger partial charge in [-0.2, -0.15) is 0 Å². The molecule has 0 amide bonds. The van der Waals surface area contributed by atoms with E-state index in [9.17, 15) is 6.85 Å². The normalized spacial score (nSPS) is 16.3. The maximum atomic E-state index is 9.72. The largest absolute Gasteiger partial charge is 0.309 e. The fourth-order valence-electron chi connectivity index (χ4n) is 6.75. The fraction of sp³-hybridized carbons (Fsp3) is 0.0233. The predicted molar refractivity (Wildman–Crippen MR) is 194 cm³/mol. The molecule has 0 saturated heterocycles. The monoisotopic (exact) mass is 601 g/mol. The van der Waals surface area contributed by atoms with Gasteiger partial charge in [-0.3, -0.25) is 0 Å². The lowest BCUT2D eigenvalue weighted by molar-refractivity contribution is 1.16. The SMILES string of the molecule is [2H]c1c([2H])c(-n2c3c([2H])c([2H])c([2H])c([2H])c3c3c4c5c([2H])c([2H])c([2H])c([2H])c5n(-c5ccc6c(c5)c5ccccc5n6-c5ccccc5)c4c([2H])c([2H])c32)c([2H])c([2H])c1C. The summed E-state index contributed by atoms with van der Waals surface area (Å²) in [4.78, 5) is 0. The third kappa shape index (κ3) is 3.43. The minimum atomic E-state index is -0.667. The molecule has 0 aliphatic rings. The van der Waals surface area contributed by atoms with Crippen molar-refractivity contribution in [2.75, 3.05) is 0 Å². The van der Waals surface area contributed by atoms with Crippen molar-refractivity contribution in [3.05, 3.63) is 163 Å². The zero-order valence-electron chi connectivity index (χ0n) is 38.3. The summed E-state index contributed by atoms with van der Waals surface area (Å²) in [5.41, 5.74) is 2.08. The Hall–Kier alpha value is -6.06. The molecule has 216 valence electrons. The molecule has 3 aromatic heterocycles. The molecule has 0 radical (unpaired) electrons. The highest BCUT2D eigenvalue weighted by molar-refractivity contribution is 6.29. The van der Waals surface area contributed by atoms with Crippen molar-refractivity contribution in [3.8, 4) is 17.1 Å². The molecule has 10 rings (SSSR count). The molecule has 0 aliphatic carbocycles. The molecule has 0 N–H and O–H groups in total. The van der Waals surface area contributed by atoms with Gasteiger partial charge in [-0.15, -0.1) is 0 Å². The molecule has 3 heteroatoms. The van der Waals surface area contributed by atoms with E-state index in [1.165, 1.54) is 11.5 Å². The first-order valence-electron chi connectivity index (χ1n) is 21.7. The summed E-state index contributed by atoms with van der Waals surface area (Å²) >= 11 is 0. The van der Waals surface area contributed by atoms with Crippen molar-refractivity contribution in [1.82, 2.24) is 13.7 Å². The van der Waals surface area contributed by atoms with Crippen LogP contribution in [0.2, 0.25) is 0 Å². The number of nitrogens with zero attached hydrogens (tertiary/aromatic N) is 3. The zero-order chi connectivity index (χ0) is 42.5. The Kier molecular flexibility index (Phi) is 3.15. The maximum absolute atomic E-state index is 9.72. The predicted octanol–water partition coefficient (Wildman–Crippen LogP) is 11.3.